The Morgan fingerprint density at radius 3 is 2.28 bits per heavy atom. The van der Waals surface area contributed by atoms with Crippen molar-refractivity contribution in [2.75, 3.05) is 4.72 Å². The number of thiophene rings is 1. The van der Waals surface area contributed by atoms with Crippen LogP contribution in [-0.2, 0) is 10.0 Å². The highest BCUT2D eigenvalue weighted by Crippen LogP contribution is 2.38. The number of anilines is 1. The highest BCUT2D eigenvalue weighted by molar-refractivity contribution is 7.94. The second kappa shape index (κ2) is 7.74. The van der Waals surface area contributed by atoms with Gasteiger partial charge in [0.1, 0.15) is 19.9 Å². The predicted molar refractivity (Wildman–Crippen MR) is 109 cm³/mol. The van der Waals surface area contributed by atoms with Crippen LogP contribution in [0.3, 0.4) is 0 Å². The lowest BCUT2D eigenvalue weighted by Gasteiger charge is -2.07. The van der Waals surface area contributed by atoms with Gasteiger partial charge >= 0.3 is 5.97 Å². The number of carboxylic acid groups (broad SMARTS) is 1. The van der Waals surface area contributed by atoms with Gasteiger partial charge in [0.15, 0.2) is 0 Å². The first-order chi connectivity index (χ1) is 13.6. The van der Waals surface area contributed by atoms with E-state index in [2.05, 4.69) is 4.72 Å². The quantitative estimate of drug-likeness (QED) is 0.450. The minimum Gasteiger partial charge on any atom is -0.507 e. The number of nitrogens with one attached hydrogen (secondary N) is 1. The minimum atomic E-state index is -4.04. The first kappa shape index (κ1) is 20.6. The molecule has 11 heteroatoms. The molecule has 0 fully saturated rings. The van der Waals surface area contributed by atoms with Crippen molar-refractivity contribution in [1.29, 1.82) is 0 Å². The van der Waals surface area contributed by atoms with Crippen molar-refractivity contribution < 1.29 is 28.2 Å². The summed E-state index contributed by atoms with van der Waals surface area (Å²) in [4.78, 5) is 22.1. The Bertz CT molecular complexity index is 1220. The number of hydrogen-bond acceptors (Lipinski definition) is 6. The molecule has 150 valence electrons. The standard InChI is InChI=1S/C18H13ClN2O6S2/c19-16-13(9-1-3-10(4-2-9)17(20)23)8-15(28-16)29(26,27)21-11-5-6-12(18(24)25)14(22)7-11/h1-8,21-22H,(H2,20,23)(H,24,25). The van der Waals surface area contributed by atoms with Crippen LogP contribution in [0.4, 0.5) is 5.69 Å². The van der Waals surface area contributed by atoms with Gasteiger partial charge in [-0.3, -0.25) is 9.52 Å². The van der Waals surface area contributed by atoms with E-state index in [1.54, 1.807) is 12.1 Å². The monoisotopic (exact) mass is 452 g/mol. The fraction of sp³-hybridized carbons (Fsp3) is 0. The maximum absolute atomic E-state index is 12.7. The van der Waals surface area contributed by atoms with Gasteiger partial charge in [-0.1, -0.05) is 23.7 Å². The predicted octanol–water partition coefficient (Wildman–Crippen LogP) is 3.37. The van der Waals surface area contributed by atoms with Gasteiger partial charge in [-0.15, -0.1) is 11.3 Å². The number of aromatic carboxylic acids is 1. The number of primary amides is 1. The molecular weight excluding hydrogens is 440 g/mol. The molecule has 2 aromatic carbocycles. The number of carbonyl (C=O) groups excluding carboxylic acids is 1. The highest BCUT2D eigenvalue weighted by atomic mass is 35.5. The van der Waals surface area contributed by atoms with Crippen molar-refractivity contribution in [3.8, 4) is 16.9 Å². The van der Waals surface area contributed by atoms with Crippen LogP contribution in [0.1, 0.15) is 20.7 Å². The number of aromatic hydroxyl groups is 1. The highest BCUT2D eigenvalue weighted by Gasteiger charge is 2.21. The summed E-state index contributed by atoms with van der Waals surface area (Å²) in [5, 5.41) is 18.6. The smallest absolute Gasteiger partial charge is 0.339 e. The van der Waals surface area contributed by atoms with Crippen molar-refractivity contribution in [1.82, 2.24) is 0 Å². The van der Waals surface area contributed by atoms with E-state index < -0.39 is 27.6 Å². The van der Waals surface area contributed by atoms with Crippen LogP contribution in [0.15, 0.2) is 52.7 Å². The molecule has 0 unspecified atom stereocenters. The lowest BCUT2D eigenvalue weighted by molar-refractivity contribution is 0.0693. The first-order valence-electron chi connectivity index (χ1n) is 7.87. The van der Waals surface area contributed by atoms with Gasteiger partial charge in [-0.2, -0.15) is 0 Å². The molecule has 0 aliphatic carbocycles. The SMILES string of the molecule is NC(=O)c1ccc(-c2cc(S(=O)(=O)Nc3ccc(C(=O)O)c(O)c3)sc2Cl)cc1. The van der Waals surface area contributed by atoms with Gasteiger partial charge in [0, 0.05) is 17.2 Å². The van der Waals surface area contributed by atoms with Crippen LogP contribution in [0.5, 0.6) is 5.75 Å². The van der Waals surface area contributed by atoms with E-state index in [9.17, 15) is 23.1 Å². The third-order valence-electron chi connectivity index (χ3n) is 3.89. The van der Waals surface area contributed by atoms with Crippen molar-refractivity contribution in [2.24, 2.45) is 5.73 Å². The lowest BCUT2D eigenvalue weighted by Crippen LogP contribution is -2.11. The summed E-state index contributed by atoms with van der Waals surface area (Å²) in [6, 6.07) is 10.9. The molecule has 0 radical (unpaired) electrons. The molecule has 29 heavy (non-hydrogen) atoms. The van der Waals surface area contributed by atoms with E-state index in [-0.39, 0.29) is 19.8 Å². The number of sulfonamides is 1. The largest absolute Gasteiger partial charge is 0.507 e. The topological polar surface area (TPSA) is 147 Å². The molecule has 3 rings (SSSR count). The molecule has 0 saturated heterocycles. The van der Waals surface area contributed by atoms with E-state index >= 15 is 0 Å². The van der Waals surface area contributed by atoms with E-state index in [0.29, 0.717) is 16.7 Å². The molecule has 8 nitrogen and oxygen atoms in total. The van der Waals surface area contributed by atoms with Crippen LogP contribution < -0.4 is 10.5 Å². The molecule has 1 heterocycles. The zero-order valence-electron chi connectivity index (χ0n) is 14.4. The number of rotatable bonds is 6. The van der Waals surface area contributed by atoms with Gasteiger partial charge in [0.25, 0.3) is 10.0 Å². The molecule has 0 spiro atoms. The Hall–Kier alpha value is -3.08. The number of halogens is 1. The third-order valence-corrected chi connectivity index (χ3v) is 7.10. The maximum Gasteiger partial charge on any atom is 0.339 e. The van der Waals surface area contributed by atoms with Gasteiger partial charge in [-0.25, -0.2) is 13.2 Å². The number of nitrogens with two attached hydrogens (primary N) is 1. The zero-order chi connectivity index (χ0) is 21.3. The molecule has 0 aliphatic heterocycles. The Kier molecular flexibility index (Phi) is 5.51. The Labute approximate surface area is 174 Å². The van der Waals surface area contributed by atoms with E-state index in [0.717, 1.165) is 23.5 Å². The second-order valence-corrected chi connectivity index (χ2v) is 9.40. The molecule has 0 saturated carbocycles. The summed E-state index contributed by atoms with van der Waals surface area (Å²) >= 11 is 7.03. The molecule has 1 amide bonds. The fourth-order valence-corrected chi connectivity index (χ4v) is 5.29. The molecule has 5 N–H and O–H groups in total. The molecular formula is C18H13ClN2O6S2. The summed E-state index contributed by atoms with van der Waals surface area (Å²) in [6.07, 6.45) is 0. The van der Waals surface area contributed by atoms with E-state index in [4.69, 9.17) is 22.4 Å². The molecule has 0 bridgehead atoms. The summed E-state index contributed by atoms with van der Waals surface area (Å²) < 4.78 is 27.7. The average molecular weight is 453 g/mol. The van der Waals surface area contributed by atoms with E-state index in [1.165, 1.54) is 24.3 Å². The minimum absolute atomic E-state index is 0.00983. The summed E-state index contributed by atoms with van der Waals surface area (Å²) in [6.45, 7) is 0. The van der Waals surface area contributed by atoms with Crippen LogP contribution >= 0.6 is 22.9 Å². The lowest BCUT2D eigenvalue weighted by atomic mass is 10.1. The Balaban J connectivity index is 1.90. The number of carboxylic acids is 1. The van der Waals surface area contributed by atoms with Crippen LogP contribution in [-0.4, -0.2) is 30.5 Å². The number of phenols is 1. The summed E-state index contributed by atoms with van der Waals surface area (Å²) in [7, 11) is -4.04. The third kappa shape index (κ3) is 4.34. The van der Waals surface area contributed by atoms with E-state index in [1.807, 2.05) is 0 Å². The maximum atomic E-state index is 12.7. The summed E-state index contributed by atoms with van der Waals surface area (Å²) in [5.74, 6) is -2.50. The molecule has 1 aromatic heterocycles. The molecule has 3 aromatic rings. The van der Waals surface area contributed by atoms with Crippen LogP contribution in [0, 0.1) is 0 Å². The van der Waals surface area contributed by atoms with Gasteiger partial charge in [0.05, 0.1) is 5.69 Å². The van der Waals surface area contributed by atoms with Gasteiger partial charge in [0.2, 0.25) is 5.91 Å². The number of carbonyl (C=O) groups is 2. The van der Waals surface area contributed by atoms with Crippen LogP contribution in [0.25, 0.3) is 11.1 Å². The average Bonchev–Trinajstić information content (AvgIpc) is 3.04. The number of amides is 1. The van der Waals surface area contributed by atoms with Gasteiger partial charge < -0.3 is 15.9 Å². The van der Waals surface area contributed by atoms with Crippen molar-refractivity contribution in [2.45, 2.75) is 4.21 Å². The zero-order valence-corrected chi connectivity index (χ0v) is 16.8. The van der Waals surface area contributed by atoms with Crippen molar-refractivity contribution >= 4 is 50.5 Å². The Morgan fingerprint density at radius 2 is 1.72 bits per heavy atom. The molecule has 0 aliphatic rings. The Morgan fingerprint density at radius 1 is 1.07 bits per heavy atom. The second-order valence-electron chi connectivity index (χ2n) is 5.84. The first-order valence-corrected chi connectivity index (χ1v) is 10.5. The van der Waals surface area contributed by atoms with Gasteiger partial charge in [-0.05, 0) is 35.9 Å². The molecule has 0 atom stereocenters. The summed E-state index contributed by atoms with van der Waals surface area (Å²) in [5.41, 5.74) is 6.20. The number of hydrogen-bond donors (Lipinski definition) is 4. The fourth-order valence-electron chi connectivity index (χ4n) is 2.47. The van der Waals surface area contributed by atoms with Crippen molar-refractivity contribution in [3.05, 3.63) is 64.0 Å². The van der Waals surface area contributed by atoms with Crippen molar-refractivity contribution in [3.63, 3.8) is 0 Å². The van der Waals surface area contributed by atoms with Crippen LogP contribution in [0.2, 0.25) is 4.34 Å². The normalized spacial score (nSPS) is 11.2. The number of benzene rings is 2.